The van der Waals surface area contributed by atoms with E-state index < -0.39 is 0 Å². The van der Waals surface area contributed by atoms with Gasteiger partial charge in [-0.1, -0.05) is 42.0 Å². The van der Waals surface area contributed by atoms with Crippen molar-refractivity contribution in [3.8, 4) is 16.9 Å². The van der Waals surface area contributed by atoms with E-state index in [2.05, 4.69) is 41.9 Å². The Balaban J connectivity index is 1.78. The van der Waals surface area contributed by atoms with Gasteiger partial charge in [0.1, 0.15) is 5.75 Å². The molecule has 1 N–H and O–H groups in total. The van der Waals surface area contributed by atoms with E-state index in [4.69, 9.17) is 4.74 Å². The molecule has 3 aromatic rings. The Hall–Kier alpha value is -2.59. The molecule has 4 rings (SSSR count). The molecule has 0 bridgehead atoms. The van der Waals surface area contributed by atoms with Gasteiger partial charge in [-0.15, -0.1) is 11.3 Å². The van der Waals surface area contributed by atoms with Gasteiger partial charge in [-0.25, -0.2) is 0 Å². The fourth-order valence-corrected chi connectivity index (χ4v) is 4.53. The first-order chi connectivity index (χ1) is 12.2. The summed E-state index contributed by atoms with van der Waals surface area (Å²) in [6.45, 7) is 2.09. The molecular formula is C21H19NO2S. The van der Waals surface area contributed by atoms with Gasteiger partial charge in [0.05, 0.1) is 12.8 Å². The smallest absolute Gasteiger partial charge is 0.225 e. The van der Waals surface area contributed by atoms with E-state index >= 15 is 0 Å². The second-order valence-electron chi connectivity index (χ2n) is 6.34. The molecule has 3 nitrogen and oxygen atoms in total. The van der Waals surface area contributed by atoms with Gasteiger partial charge in [0.15, 0.2) is 0 Å². The zero-order valence-electron chi connectivity index (χ0n) is 14.2. The lowest BCUT2D eigenvalue weighted by Gasteiger charge is -2.24. The molecule has 0 saturated carbocycles. The third-order valence-corrected chi connectivity index (χ3v) is 5.73. The molecule has 126 valence electrons. The van der Waals surface area contributed by atoms with Crippen LogP contribution in [0.1, 0.15) is 28.3 Å². The summed E-state index contributed by atoms with van der Waals surface area (Å²) in [5, 5.41) is 5.23. The summed E-state index contributed by atoms with van der Waals surface area (Å²) < 4.78 is 5.24. The molecule has 0 aliphatic carbocycles. The molecule has 2 aromatic carbocycles. The van der Waals surface area contributed by atoms with Gasteiger partial charge in [-0.3, -0.25) is 4.79 Å². The van der Waals surface area contributed by atoms with E-state index in [0.29, 0.717) is 6.42 Å². The van der Waals surface area contributed by atoms with Crippen LogP contribution >= 0.6 is 11.3 Å². The predicted octanol–water partition coefficient (Wildman–Crippen LogP) is 5.21. The Labute approximate surface area is 151 Å². The number of hydrogen-bond donors (Lipinski definition) is 1. The van der Waals surface area contributed by atoms with Crippen molar-refractivity contribution in [2.75, 3.05) is 12.4 Å². The number of methoxy groups -OCH3 is 1. The first kappa shape index (κ1) is 15.9. The predicted molar refractivity (Wildman–Crippen MR) is 103 cm³/mol. The van der Waals surface area contributed by atoms with Crippen molar-refractivity contribution in [1.82, 2.24) is 0 Å². The molecule has 1 amide bonds. The molecule has 2 heterocycles. The average Bonchev–Trinajstić information content (AvgIpc) is 3.04. The second-order valence-corrected chi connectivity index (χ2v) is 7.25. The van der Waals surface area contributed by atoms with Gasteiger partial charge in [0.25, 0.3) is 0 Å². The lowest BCUT2D eigenvalue weighted by atomic mass is 9.88. The first-order valence-corrected chi connectivity index (χ1v) is 9.16. The quantitative estimate of drug-likeness (QED) is 0.705. The van der Waals surface area contributed by atoms with Crippen LogP contribution in [-0.2, 0) is 4.79 Å². The highest BCUT2D eigenvalue weighted by molar-refractivity contribution is 7.11. The fourth-order valence-electron chi connectivity index (χ4n) is 3.37. The van der Waals surface area contributed by atoms with Crippen molar-refractivity contribution in [3.05, 3.63) is 69.9 Å². The summed E-state index contributed by atoms with van der Waals surface area (Å²) in [6.07, 6.45) is 0.499. The number of anilines is 1. The summed E-state index contributed by atoms with van der Waals surface area (Å²) in [4.78, 5) is 13.6. The van der Waals surface area contributed by atoms with E-state index in [1.807, 2.05) is 24.3 Å². The number of fused-ring (bicyclic) bond motifs is 1. The van der Waals surface area contributed by atoms with Gasteiger partial charge >= 0.3 is 0 Å². The van der Waals surface area contributed by atoms with Crippen LogP contribution in [0.3, 0.4) is 0 Å². The van der Waals surface area contributed by atoms with Gasteiger partial charge in [-0.05, 0) is 30.2 Å². The lowest BCUT2D eigenvalue weighted by Crippen LogP contribution is -2.22. The largest absolute Gasteiger partial charge is 0.497 e. The molecule has 0 fully saturated rings. The number of benzene rings is 2. The molecule has 1 atom stereocenters. The fraction of sp³-hybridized carbons (Fsp3) is 0.190. The number of aryl methyl sites for hydroxylation is 1. The Bertz CT molecular complexity index is 927. The number of nitrogens with one attached hydrogen (secondary N) is 1. The van der Waals surface area contributed by atoms with Gasteiger partial charge in [-0.2, -0.15) is 0 Å². The Kier molecular flexibility index (Phi) is 4.06. The molecule has 0 spiro atoms. The van der Waals surface area contributed by atoms with Crippen molar-refractivity contribution in [1.29, 1.82) is 0 Å². The van der Waals surface area contributed by atoms with Crippen molar-refractivity contribution in [2.24, 2.45) is 0 Å². The molecule has 1 aliphatic heterocycles. The maximum atomic E-state index is 12.3. The SMILES string of the molecule is COc1ccc(-c2csc3c2NC(=O)C[C@H]3c2cccc(C)c2)cc1. The topological polar surface area (TPSA) is 38.3 Å². The van der Waals surface area contributed by atoms with Crippen LogP contribution in [0.2, 0.25) is 0 Å². The van der Waals surface area contributed by atoms with Gasteiger partial charge < -0.3 is 10.1 Å². The van der Waals surface area contributed by atoms with E-state index in [1.54, 1.807) is 18.4 Å². The summed E-state index contributed by atoms with van der Waals surface area (Å²) in [5.74, 6) is 1.03. The summed E-state index contributed by atoms with van der Waals surface area (Å²) in [7, 11) is 1.66. The van der Waals surface area contributed by atoms with Crippen LogP contribution in [0.25, 0.3) is 11.1 Å². The summed E-state index contributed by atoms with van der Waals surface area (Å²) in [6, 6.07) is 16.4. The number of ether oxygens (including phenoxy) is 1. The van der Waals surface area contributed by atoms with Crippen molar-refractivity contribution in [3.63, 3.8) is 0 Å². The number of carbonyl (C=O) groups excluding carboxylic acids is 1. The third kappa shape index (κ3) is 2.94. The zero-order valence-corrected chi connectivity index (χ0v) is 15.0. The van der Waals surface area contributed by atoms with E-state index in [1.165, 1.54) is 16.0 Å². The monoisotopic (exact) mass is 349 g/mol. The summed E-state index contributed by atoms with van der Waals surface area (Å²) >= 11 is 1.72. The van der Waals surface area contributed by atoms with Gasteiger partial charge in [0.2, 0.25) is 5.91 Å². The first-order valence-electron chi connectivity index (χ1n) is 8.28. The zero-order chi connectivity index (χ0) is 17.4. The van der Waals surface area contributed by atoms with Crippen LogP contribution in [0.4, 0.5) is 5.69 Å². The molecule has 0 radical (unpaired) electrons. The number of hydrogen-bond acceptors (Lipinski definition) is 3. The molecule has 0 unspecified atom stereocenters. The molecule has 25 heavy (non-hydrogen) atoms. The van der Waals surface area contributed by atoms with Crippen LogP contribution in [0.5, 0.6) is 5.75 Å². The van der Waals surface area contributed by atoms with Crippen molar-refractivity contribution < 1.29 is 9.53 Å². The lowest BCUT2D eigenvalue weighted by molar-refractivity contribution is -0.116. The molecule has 0 saturated heterocycles. The maximum absolute atomic E-state index is 12.3. The van der Waals surface area contributed by atoms with E-state index in [0.717, 1.165) is 22.6 Å². The molecular weight excluding hydrogens is 330 g/mol. The number of thiophene rings is 1. The highest BCUT2D eigenvalue weighted by Crippen LogP contribution is 2.46. The molecule has 1 aromatic heterocycles. The minimum atomic E-state index is 0.0761. The van der Waals surface area contributed by atoms with Crippen LogP contribution in [0.15, 0.2) is 53.9 Å². The third-order valence-electron chi connectivity index (χ3n) is 4.64. The number of amides is 1. The van der Waals surface area contributed by atoms with Crippen molar-refractivity contribution in [2.45, 2.75) is 19.3 Å². The van der Waals surface area contributed by atoms with Gasteiger partial charge in [0, 0.05) is 28.2 Å². The van der Waals surface area contributed by atoms with Crippen molar-refractivity contribution >= 4 is 22.9 Å². The Morgan fingerprint density at radius 2 is 1.96 bits per heavy atom. The average molecular weight is 349 g/mol. The van der Waals surface area contributed by atoms with Crippen LogP contribution in [-0.4, -0.2) is 13.0 Å². The minimum absolute atomic E-state index is 0.0761. The summed E-state index contributed by atoms with van der Waals surface area (Å²) in [5.41, 5.74) is 5.55. The Morgan fingerprint density at radius 1 is 1.16 bits per heavy atom. The highest BCUT2D eigenvalue weighted by Gasteiger charge is 2.30. The normalized spacial score (nSPS) is 16.2. The number of carbonyl (C=O) groups is 1. The van der Waals surface area contributed by atoms with E-state index in [9.17, 15) is 4.79 Å². The molecule has 1 aliphatic rings. The van der Waals surface area contributed by atoms with E-state index in [-0.39, 0.29) is 11.8 Å². The standard InChI is InChI=1S/C21H19NO2S/c1-13-4-3-5-15(10-13)17-11-19(23)22-20-18(12-25-21(17)20)14-6-8-16(24-2)9-7-14/h3-10,12,17H,11H2,1-2H3,(H,22,23)/t17-/m0/s1. The molecule has 4 heteroatoms. The maximum Gasteiger partial charge on any atom is 0.225 e. The number of rotatable bonds is 3. The second kappa shape index (κ2) is 6.37. The van der Waals surface area contributed by atoms with Crippen LogP contribution in [0, 0.1) is 6.92 Å². The highest BCUT2D eigenvalue weighted by atomic mass is 32.1. The minimum Gasteiger partial charge on any atom is -0.497 e. The van der Waals surface area contributed by atoms with Crippen LogP contribution < -0.4 is 10.1 Å². The Morgan fingerprint density at radius 3 is 2.68 bits per heavy atom.